The average molecular weight is 208 g/mol. The predicted octanol–water partition coefficient (Wildman–Crippen LogP) is 1.45. The molecule has 1 aromatic heterocycles. The van der Waals surface area contributed by atoms with Crippen LogP contribution in [0.5, 0.6) is 0 Å². The Morgan fingerprint density at radius 2 is 2.07 bits per heavy atom. The van der Waals surface area contributed by atoms with Crippen LogP contribution in [-0.2, 0) is 6.42 Å². The molecule has 1 heterocycles. The summed E-state index contributed by atoms with van der Waals surface area (Å²) in [5, 5.41) is 14.6. The third-order valence-electron chi connectivity index (χ3n) is 2.14. The summed E-state index contributed by atoms with van der Waals surface area (Å²) in [4.78, 5) is 0. The van der Waals surface area contributed by atoms with E-state index in [-0.39, 0.29) is 0 Å². The highest BCUT2D eigenvalue weighted by atomic mass is 15.2. The van der Waals surface area contributed by atoms with Gasteiger partial charge in [0, 0.05) is 6.54 Å². The maximum absolute atomic E-state index is 4.14. The van der Waals surface area contributed by atoms with E-state index in [1.54, 1.807) is 0 Å². The molecule has 0 aliphatic carbocycles. The van der Waals surface area contributed by atoms with Crippen molar-refractivity contribution in [2.75, 3.05) is 25.5 Å². The van der Waals surface area contributed by atoms with E-state index in [1.807, 2.05) is 19.2 Å². The lowest BCUT2D eigenvalue weighted by atomic mass is 10.2. The molecular formula is C11H20N4. The second-order valence-electron chi connectivity index (χ2n) is 3.54. The molecule has 0 aliphatic heterocycles. The summed E-state index contributed by atoms with van der Waals surface area (Å²) < 4.78 is 0. The van der Waals surface area contributed by atoms with Crippen LogP contribution in [0.3, 0.4) is 0 Å². The van der Waals surface area contributed by atoms with Crippen molar-refractivity contribution in [1.82, 2.24) is 15.5 Å². The van der Waals surface area contributed by atoms with Crippen LogP contribution >= 0.6 is 0 Å². The number of hydrogen-bond acceptors (Lipinski definition) is 4. The molecule has 84 valence electrons. The Balaban J connectivity index is 2.29. The summed E-state index contributed by atoms with van der Waals surface area (Å²) in [6, 6.07) is 4.04. The zero-order valence-corrected chi connectivity index (χ0v) is 9.58. The fourth-order valence-electron chi connectivity index (χ4n) is 1.33. The van der Waals surface area contributed by atoms with Gasteiger partial charge in [-0.05, 0) is 38.6 Å². The van der Waals surface area contributed by atoms with Crippen LogP contribution in [0.4, 0.5) is 5.82 Å². The second kappa shape index (κ2) is 7.17. The van der Waals surface area contributed by atoms with E-state index in [0.29, 0.717) is 0 Å². The van der Waals surface area contributed by atoms with E-state index in [9.17, 15) is 0 Å². The molecule has 0 aromatic carbocycles. The molecule has 15 heavy (non-hydrogen) atoms. The van der Waals surface area contributed by atoms with Crippen molar-refractivity contribution in [3.8, 4) is 0 Å². The molecule has 4 heteroatoms. The second-order valence-corrected chi connectivity index (χ2v) is 3.54. The van der Waals surface area contributed by atoms with E-state index in [4.69, 9.17) is 0 Å². The Morgan fingerprint density at radius 1 is 1.20 bits per heavy atom. The lowest BCUT2D eigenvalue weighted by molar-refractivity contribution is 0.744. The molecule has 1 aromatic rings. The van der Waals surface area contributed by atoms with E-state index in [0.717, 1.165) is 43.9 Å². The molecule has 0 atom stereocenters. The van der Waals surface area contributed by atoms with Gasteiger partial charge in [-0.25, -0.2) is 0 Å². The van der Waals surface area contributed by atoms with Gasteiger partial charge in [-0.15, -0.1) is 5.10 Å². The first kappa shape index (κ1) is 11.9. The van der Waals surface area contributed by atoms with Crippen LogP contribution in [0, 0.1) is 0 Å². The third-order valence-corrected chi connectivity index (χ3v) is 2.14. The molecule has 0 amide bonds. The largest absolute Gasteiger partial charge is 0.369 e. The van der Waals surface area contributed by atoms with Gasteiger partial charge in [-0.2, -0.15) is 5.10 Å². The van der Waals surface area contributed by atoms with Crippen molar-refractivity contribution in [1.29, 1.82) is 0 Å². The summed E-state index contributed by atoms with van der Waals surface area (Å²) in [7, 11) is 1.96. The smallest absolute Gasteiger partial charge is 0.148 e. The molecule has 0 bridgehead atoms. The number of aryl methyl sites for hydroxylation is 1. The molecule has 0 aliphatic rings. The van der Waals surface area contributed by atoms with Crippen LogP contribution in [0.25, 0.3) is 0 Å². The lowest BCUT2D eigenvalue weighted by Crippen LogP contribution is -2.13. The van der Waals surface area contributed by atoms with Gasteiger partial charge >= 0.3 is 0 Å². The number of aromatic nitrogens is 2. The van der Waals surface area contributed by atoms with Gasteiger partial charge in [0.25, 0.3) is 0 Å². The Kier molecular flexibility index (Phi) is 5.70. The molecule has 4 nitrogen and oxygen atoms in total. The minimum Gasteiger partial charge on any atom is -0.369 e. The molecule has 0 unspecified atom stereocenters. The summed E-state index contributed by atoms with van der Waals surface area (Å²) in [6.07, 6.45) is 3.21. The van der Waals surface area contributed by atoms with Crippen LogP contribution in [0.2, 0.25) is 0 Å². The van der Waals surface area contributed by atoms with Gasteiger partial charge in [0.05, 0.1) is 5.69 Å². The zero-order valence-electron chi connectivity index (χ0n) is 9.58. The molecule has 2 N–H and O–H groups in total. The molecule has 0 fully saturated rings. The van der Waals surface area contributed by atoms with Crippen molar-refractivity contribution in [3.63, 3.8) is 0 Å². The first-order valence-corrected chi connectivity index (χ1v) is 5.58. The van der Waals surface area contributed by atoms with Crippen molar-refractivity contribution in [3.05, 3.63) is 17.8 Å². The van der Waals surface area contributed by atoms with Gasteiger partial charge in [0.1, 0.15) is 5.82 Å². The summed E-state index contributed by atoms with van der Waals surface area (Å²) in [6.45, 7) is 4.10. The quantitative estimate of drug-likeness (QED) is 0.666. The van der Waals surface area contributed by atoms with Crippen LogP contribution in [-0.4, -0.2) is 30.3 Å². The zero-order chi connectivity index (χ0) is 10.9. The molecular weight excluding hydrogens is 188 g/mol. The lowest BCUT2D eigenvalue weighted by Gasteiger charge is -2.04. The molecule has 0 saturated carbocycles. The minimum absolute atomic E-state index is 0.867. The number of nitrogens with one attached hydrogen (secondary N) is 2. The van der Waals surface area contributed by atoms with Crippen LogP contribution in [0.1, 0.15) is 25.5 Å². The number of rotatable bonds is 7. The van der Waals surface area contributed by atoms with E-state index in [2.05, 4.69) is 27.8 Å². The third kappa shape index (κ3) is 4.74. The maximum Gasteiger partial charge on any atom is 0.148 e. The van der Waals surface area contributed by atoms with E-state index in [1.165, 1.54) is 0 Å². The first-order valence-electron chi connectivity index (χ1n) is 5.58. The van der Waals surface area contributed by atoms with Gasteiger partial charge in [0.2, 0.25) is 0 Å². The monoisotopic (exact) mass is 208 g/mol. The Morgan fingerprint density at radius 3 is 2.67 bits per heavy atom. The van der Waals surface area contributed by atoms with E-state index >= 15 is 0 Å². The summed E-state index contributed by atoms with van der Waals surface area (Å²) in [5.41, 5.74) is 1.07. The highest BCUT2D eigenvalue weighted by Gasteiger charge is 1.96. The van der Waals surface area contributed by atoms with Crippen LogP contribution < -0.4 is 10.6 Å². The van der Waals surface area contributed by atoms with Crippen molar-refractivity contribution in [2.45, 2.75) is 26.2 Å². The van der Waals surface area contributed by atoms with Gasteiger partial charge in [0.15, 0.2) is 0 Å². The van der Waals surface area contributed by atoms with Crippen LogP contribution in [0.15, 0.2) is 12.1 Å². The Labute approximate surface area is 91.5 Å². The van der Waals surface area contributed by atoms with Gasteiger partial charge in [-0.1, -0.05) is 13.3 Å². The van der Waals surface area contributed by atoms with Gasteiger partial charge in [-0.3, -0.25) is 0 Å². The van der Waals surface area contributed by atoms with Crippen molar-refractivity contribution in [2.24, 2.45) is 0 Å². The predicted molar refractivity (Wildman–Crippen MR) is 63.1 cm³/mol. The van der Waals surface area contributed by atoms with Crippen molar-refractivity contribution >= 4 is 5.82 Å². The number of nitrogens with zero attached hydrogens (tertiary/aromatic N) is 2. The topological polar surface area (TPSA) is 49.8 Å². The Bertz CT molecular complexity index is 258. The SMILES string of the molecule is CCCc1ccc(NCCCNC)nn1. The minimum atomic E-state index is 0.867. The van der Waals surface area contributed by atoms with E-state index < -0.39 is 0 Å². The molecule has 1 rings (SSSR count). The molecule has 0 radical (unpaired) electrons. The Hall–Kier alpha value is -1.16. The number of hydrogen-bond donors (Lipinski definition) is 2. The first-order chi connectivity index (χ1) is 7.36. The standard InChI is InChI=1S/C11H20N4/c1-3-5-10-6-7-11(15-14-10)13-9-4-8-12-2/h6-7,12H,3-5,8-9H2,1-2H3,(H,13,15). The van der Waals surface area contributed by atoms with Crippen molar-refractivity contribution < 1.29 is 0 Å². The molecule has 0 saturated heterocycles. The van der Waals surface area contributed by atoms with Gasteiger partial charge < -0.3 is 10.6 Å². The fraction of sp³-hybridized carbons (Fsp3) is 0.636. The highest BCUT2D eigenvalue weighted by Crippen LogP contribution is 2.03. The average Bonchev–Trinajstić information content (AvgIpc) is 2.27. The highest BCUT2D eigenvalue weighted by molar-refractivity contribution is 5.32. The maximum atomic E-state index is 4.14. The summed E-state index contributed by atoms with van der Waals surface area (Å²) in [5.74, 6) is 0.867. The normalized spacial score (nSPS) is 10.3. The summed E-state index contributed by atoms with van der Waals surface area (Å²) >= 11 is 0. The molecule has 0 spiro atoms. The fourth-order valence-corrected chi connectivity index (χ4v) is 1.33. The number of anilines is 1.